The SMILES string of the molecule is COc1c(NCC2(SC)CCCCC2)nc[nH]c1=O. The van der Waals surface area contributed by atoms with Crippen molar-refractivity contribution in [3.63, 3.8) is 0 Å². The van der Waals surface area contributed by atoms with Crippen molar-refractivity contribution < 1.29 is 4.74 Å². The third-order valence-corrected chi connectivity index (χ3v) is 5.21. The van der Waals surface area contributed by atoms with Crippen LogP contribution in [0.4, 0.5) is 5.82 Å². The van der Waals surface area contributed by atoms with Gasteiger partial charge in [-0.1, -0.05) is 19.3 Å². The molecule has 0 saturated heterocycles. The zero-order valence-electron chi connectivity index (χ0n) is 11.5. The van der Waals surface area contributed by atoms with E-state index in [0.717, 1.165) is 6.54 Å². The van der Waals surface area contributed by atoms with Gasteiger partial charge in [-0.25, -0.2) is 4.98 Å². The van der Waals surface area contributed by atoms with Gasteiger partial charge in [-0.05, 0) is 19.1 Å². The molecule has 0 spiro atoms. The van der Waals surface area contributed by atoms with E-state index in [2.05, 4.69) is 21.5 Å². The second-order valence-electron chi connectivity index (χ2n) is 4.91. The van der Waals surface area contributed by atoms with Gasteiger partial charge in [0.25, 0.3) is 5.56 Å². The predicted octanol–water partition coefficient (Wildman–Crippen LogP) is 2.26. The molecule has 1 saturated carbocycles. The lowest BCUT2D eigenvalue weighted by atomic mass is 9.88. The van der Waals surface area contributed by atoms with Crippen molar-refractivity contribution in [3.05, 3.63) is 16.7 Å². The fourth-order valence-electron chi connectivity index (χ4n) is 2.60. The molecule has 106 valence electrons. The van der Waals surface area contributed by atoms with E-state index in [1.165, 1.54) is 45.5 Å². The molecule has 0 radical (unpaired) electrons. The summed E-state index contributed by atoms with van der Waals surface area (Å²) in [5, 5.41) is 3.29. The molecule has 0 aliphatic heterocycles. The van der Waals surface area contributed by atoms with E-state index in [1.54, 1.807) is 0 Å². The van der Waals surface area contributed by atoms with Crippen LogP contribution < -0.4 is 15.6 Å². The normalized spacial score (nSPS) is 18.0. The first-order chi connectivity index (χ1) is 9.21. The fraction of sp³-hybridized carbons (Fsp3) is 0.692. The minimum absolute atomic E-state index is 0.248. The number of hydrogen-bond acceptors (Lipinski definition) is 5. The summed E-state index contributed by atoms with van der Waals surface area (Å²) in [6.07, 6.45) is 9.88. The topological polar surface area (TPSA) is 67.0 Å². The summed E-state index contributed by atoms with van der Waals surface area (Å²) < 4.78 is 5.36. The molecule has 19 heavy (non-hydrogen) atoms. The van der Waals surface area contributed by atoms with Gasteiger partial charge < -0.3 is 15.0 Å². The Morgan fingerprint density at radius 3 is 2.84 bits per heavy atom. The lowest BCUT2D eigenvalue weighted by molar-refractivity contribution is 0.401. The molecule has 1 aliphatic carbocycles. The number of hydrogen-bond donors (Lipinski definition) is 2. The number of H-pyrrole nitrogens is 1. The van der Waals surface area contributed by atoms with Crippen LogP contribution >= 0.6 is 11.8 Å². The Balaban J connectivity index is 2.09. The molecule has 1 aliphatic rings. The summed E-state index contributed by atoms with van der Waals surface area (Å²) in [5.41, 5.74) is -0.248. The van der Waals surface area contributed by atoms with Crippen molar-refractivity contribution >= 4 is 17.6 Å². The molecule has 0 aromatic carbocycles. The van der Waals surface area contributed by atoms with Crippen molar-refractivity contribution in [2.75, 3.05) is 25.2 Å². The lowest BCUT2D eigenvalue weighted by Gasteiger charge is -2.36. The van der Waals surface area contributed by atoms with Gasteiger partial charge in [0, 0.05) is 11.3 Å². The Bertz CT molecular complexity index is 469. The number of methoxy groups -OCH3 is 1. The molecule has 2 N–H and O–H groups in total. The minimum Gasteiger partial charge on any atom is -0.489 e. The van der Waals surface area contributed by atoms with Crippen molar-refractivity contribution in [1.82, 2.24) is 9.97 Å². The number of aromatic nitrogens is 2. The first-order valence-corrected chi connectivity index (χ1v) is 7.84. The van der Waals surface area contributed by atoms with Crippen LogP contribution in [-0.4, -0.2) is 34.6 Å². The molecule has 1 fully saturated rings. The van der Waals surface area contributed by atoms with Crippen LogP contribution in [0.25, 0.3) is 0 Å². The van der Waals surface area contributed by atoms with Crippen LogP contribution in [-0.2, 0) is 0 Å². The summed E-state index contributed by atoms with van der Waals surface area (Å²) in [5.74, 6) is 0.791. The second-order valence-corrected chi connectivity index (χ2v) is 6.19. The minimum atomic E-state index is -0.248. The van der Waals surface area contributed by atoms with Gasteiger partial charge in [0.15, 0.2) is 5.82 Å². The number of thioether (sulfide) groups is 1. The molecule has 1 aromatic rings. The number of anilines is 1. The molecule has 6 heteroatoms. The largest absolute Gasteiger partial charge is 0.489 e. The van der Waals surface area contributed by atoms with Crippen LogP contribution in [0.15, 0.2) is 11.1 Å². The van der Waals surface area contributed by atoms with Gasteiger partial charge >= 0.3 is 0 Å². The molecule has 0 atom stereocenters. The van der Waals surface area contributed by atoms with E-state index in [0.29, 0.717) is 5.82 Å². The number of ether oxygens (including phenoxy) is 1. The third kappa shape index (κ3) is 3.23. The van der Waals surface area contributed by atoms with Crippen LogP contribution in [0.5, 0.6) is 5.75 Å². The number of nitrogens with zero attached hydrogens (tertiary/aromatic N) is 1. The highest BCUT2D eigenvalue weighted by Gasteiger charge is 2.31. The summed E-state index contributed by atoms with van der Waals surface area (Å²) in [4.78, 5) is 18.3. The quantitative estimate of drug-likeness (QED) is 0.867. The summed E-state index contributed by atoms with van der Waals surface area (Å²) >= 11 is 1.91. The average molecular weight is 283 g/mol. The zero-order valence-corrected chi connectivity index (χ0v) is 12.3. The maximum absolute atomic E-state index is 11.6. The first kappa shape index (κ1) is 14.2. The van der Waals surface area contributed by atoms with Gasteiger partial charge in [-0.15, -0.1) is 0 Å². The molecule has 2 rings (SSSR count). The Labute approximate surface area is 117 Å². The standard InChI is InChI=1S/C13H21N3O2S/c1-18-10-11(15-9-16-12(10)17)14-8-13(19-2)6-4-3-5-7-13/h9H,3-8H2,1-2H3,(H2,14,15,16,17). The van der Waals surface area contributed by atoms with Gasteiger partial charge in [0.05, 0.1) is 13.4 Å². The summed E-state index contributed by atoms with van der Waals surface area (Å²) in [7, 11) is 1.49. The Morgan fingerprint density at radius 2 is 2.21 bits per heavy atom. The molecule has 0 amide bonds. The number of nitrogens with one attached hydrogen (secondary N) is 2. The van der Waals surface area contributed by atoms with E-state index >= 15 is 0 Å². The number of rotatable bonds is 5. The smallest absolute Gasteiger partial charge is 0.295 e. The van der Waals surface area contributed by atoms with Crippen LogP contribution in [0.3, 0.4) is 0 Å². The highest BCUT2D eigenvalue weighted by Crippen LogP contribution is 2.38. The maximum atomic E-state index is 11.6. The van der Waals surface area contributed by atoms with E-state index < -0.39 is 0 Å². The Kier molecular flexibility index (Phi) is 4.74. The first-order valence-electron chi connectivity index (χ1n) is 6.61. The second kappa shape index (κ2) is 6.32. The lowest BCUT2D eigenvalue weighted by Crippen LogP contribution is -2.36. The van der Waals surface area contributed by atoms with Crippen molar-refractivity contribution in [3.8, 4) is 5.75 Å². The summed E-state index contributed by atoms with van der Waals surface area (Å²) in [6, 6.07) is 0. The molecule has 0 unspecified atom stereocenters. The van der Waals surface area contributed by atoms with E-state index in [-0.39, 0.29) is 16.1 Å². The number of aromatic amines is 1. The average Bonchev–Trinajstić information content (AvgIpc) is 2.46. The highest BCUT2D eigenvalue weighted by molar-refractivity contribution is 8.00. The molecule has 0 bridgehead atoms. The molecule has 5 nitrogen and oxygen atoms in total. The Hall–Kier alpha value is -1.17. The van der Waals surface area contributed by atoms with Gasteiger partial charge in [-0.3, -0.25) is 4.79 Å². The van der Waals surface area contributed by atoms with E-state index in [4.69, 9.17) is 4.74 Å². The molecular formula is C13H21N3O2S. The van der Waals surface area contributed by atoms with Crippen LogP contribution in [0.2, 0.25) is 0 Å². The molecular weight excluding hydrogens is 262 g/mol. The zero-order chi connectivity index (χ0) is 13.7. The maximum Gasteiger partial charge on any atom is 0.295 e. The Morgan fingerprint density at radius 1 is 1.47 bits per heavy atom. The van der Waals surface area contributed by atoms with Crippen LogP contribution in [0.1, 0.15) is 32.1 Å². The fourth-order valence-corrected chi connectivity index (χ4v) is 3.51. The monoisotopic (exact) mass is 283 g/mol. The van der Waals surface area contributed by atoms with Gasteiger partial charge in [0.2, 0.25) is 5.75 Å². The van der Waals surface area contributed by atoms with Crippen molar-refractivity contribution in [1.29, 1.82) is 0 Å². The van der Waals surface area contributed by atoms with E-state index in [1.807, 2.05) is 11.8 Å². The van der Waals surface area contributed by atoms with Gasteiger partial charge in [-0.2, -0.15) is 11.8 Å². The van der Waals surface area contributed by atoms with Crippen molar-refractivity contribution in [2.24, 2.45) is 0 Å². The molecule has 1 heterocycles. The van der Waals surface area contributed by atoms with Crippen LogP contribution in [0, 0.1) is 0 Å². The van der Waals surface area contributed by atoms with E-state index in [9.17, 15) is 4.79 Å². The van der Waals surface area contributed by atoms with Gasteiger partial charge in [0.1, 0.15) is 0 Å². The van der Waals surface area contributed by atoms with Crippen molar-refractivity contribution in [2.45, 2.75) is 36.9 Å². The predicted molar refractivity (Wildman–Crippen MR) is 79.2 cm³/mol. The summed E-state index contributed by atoms with van der Waals surface area (Å²) in [6.45, 7) is 0.820. The highest BCUT2D eigenvalue weighted by atomic mass is 32.2. The molecule has 1 aromatic heterocycles. The third-order valence-electron chi connectivity index (χ3n) is 3.79.